The monoisotopic (exact) mass is 270 g/mol. The molecule has 0 aromatic carbocycles. The lowest BCUT2D eigenvalue weighted by molar-refractivity contribution is -0.0132. The summed E-state index contributed by atoms with van der Waals surface area (Å²) in [6.45, 7) is 5.36. The van der Waals surface area contributed by atoms with Gasteiger partial charge < -0.3 is 4.74 Å². The normalized spacial score (nSPS) is 20.9. The van der Waals surface area contributed by atoms with Crippen LogP contribution >= 0.6 is 11.3 Å². The number of morpholine rings is 1. The number of hydrazine groups is 1. The summed E-state index contributed by atoms with van der Waals surface area (Å²) in [5.41, 5.74) is 3.01. The number of hydrogen-bond donors (Lipinski definition) is 2. The maximum absolute atomic E-state index is 11.3. The van der Waals surface area contributed by atoms with Crippen LogP contribution in [0, 0.1) is 0 Å². The van der Waals surface area contributed by atoms with E-state index < -0.39 is 0 Å². The van der Waals surface area contributed by atoms with Crippen molar-refractivity contribution in [3.63, 3.8) is 0 Å². The molecular formula is C11H18N4O2S. The first kappa shape index (κ1) is 13.4. The maximum atomic E-state index is 11.3. The third-order valence-electron chi connectivity index (χ3n) is 3.06. The van der Waals surface area contributed by atoms with Gasteiger partial charge in [-0.25, -0.2) is 10.8 Å². The third kappa shape index (κ3) is 3.05. The molecule has 6 nitrogen and oxygen atoms in total. The van der Waals surface area contributed by atoms with Crippen molar-refractivity contribution in [2.45, 2.75) is 25.9 Å². The molecule has 1 saturated heterocycles. The third-order valence-corrected chi connectivity index (χ3v) is 3.95. The minimum atomic E-state index is -0.333. The standard InChI is InChI=1S/C11H18N4O2S/c1-2-9-6-17-4-3-15(9)5-8-7-18-11(13-8)10(16)14-12/h7,9H,2-6,12H2,1H3,(H,14,16). The average molecular weight is 270 g/mol. The second-order valence-corrected chi connectivity index (χ2v) is 5.08. The van der Waals surface area contributed by atoms with Gasteiger partial charge in [-0.2, -0.15) is 0 Å². The first-order valence-electron chi connectivity index (χ1n) is 6.01. The zero-order valence-electron chi connectivity index (χ0n) is 10.4. The van der Waals surface area contributed by atoms with E-state index in [9.17, 15) is 4.79 Å². The number of hydrogen-bond acceptors (Lipinski definition) is 6. The highest BCUT2D eigenvalue weighted by atomic mass is 32.1. The molecule has 2 rings (SSSR count). The summed E-state index contributed by atoms with van der Waals surface area (Å²) < 4.78 is 5.46. The van der Waals surface area contributed by atoms with Gasteiger partial charge in [0, 0.05) is 24.5 Å². The Morgan fingerprint density at radius 2 is 2.61 bits per heavy atom. The van der Waals surface area contributed by atoms with Crippen LogP contribution in [0.3, 0.4) is 0 Å². The molecule has 0 saturated carbocycles. The molecule has 1 unspecified atom stereocenters. The van der Waals surface area contributed by atoms with Gasteiger partial charge in [-0.3, -0.25) is 15.1 Å². The van der Waals surface area contributed by atoms with Gasteiger partial charge in [0.15, 0.2) is 5.01 Å². The largest absolute Gasteiger partial charge is 0.378 e. The van der Waals surface area contributed by atoms with Crippen molar-refractivity contribution in [1.82, 2.24) is 15.3 Å². The fraction of sp³-hybridized carbons (Fsp3) is 0.636. The average Bonchev–Trinajstić information content (AvgIpc) is 2.87. The van der Waals surface area contributed by atoms with Crippen molar-refractivity contribution in [2.75, 3.05) is 19.8 Å². The predicted octanol–water partition coefficient (Wildman–Crippen LogP) is 0.357. The van der Waals surface area contributed by atoms with Gasteiger partial charge in [0.05, 0.1) is 18.9 Å². The van der Waals surface area contributed by atoms with Crippen LogP contribution in [0.15, 0.2) is 5.38 Å². The first-order valence-corrected chi connectivity index (χ1v) is 6.89. The van der Waals surface area contributed by atoms with E-state index in [1.165, 1.54) is 11.3 Å². The Kier molecular flexibility index (Phi) is 4.65. The minimum Gasteiger partial charge on any atom is -0.378 e. The topological polar surface area (TPSA) is 80.5 Å². The second-order valence-electron chi connectivity index (χ2n) is 4.22. The van der Waals surface area contributed by atoms with Crippen LogP contribution in [-0.4, -0.2) is 41.6 Å². The summed E-state index contributed by atoms with van der Waals surface area (Å²) in [4.78, 5) is 18.0. The van der Waals surface area contributed by atoms with Gasteiger partial charge in [-0.15, -0.1) is 11.3 Å². The summed E-state index contributed by atoms with van der Waals surface area (Å²) in [5, 5.41) is 2.32. The van der Waals surface area contributed by atoms with E-state index >= 15 is 0 Å². The van der Waals surface area contributed by atoms with Crippen molar-refractivity contribution in [1.29, 1.82) is 0 Å². The number of ether oxygens (including phenoxy) is 1. The second kappa shape index (κ2) is 6.24. The molecule has 1 aliphatic heterocycles. The van der Waals surface area contributed by atoms with Gasteiger partial charge in [0.2, 0.25) is 0 Å². The Morgan fingerprint density at radius 3 is 3.33 bits per heavy atom. The van der Waals surface area contributed by atoms with Gasteiger partial charge >= 0.3 is 0 Å². The zero-order chi connectivity index (χ0) is 13.0. The van der Waals surface area contributed by atoms with Crippen molar-refractivity contribution in [2.24, 2.45) is 5.84 Å². The molecule has 18 heavy (non-hydrogen) atoms. The van der Waals surface area contributed by atoms with E-state index in [1.807, 2.05) is 5.38 Å². The number of nitrogens with one attached hydrogen (secondary N) is 1. The van der Waals surface area contributed by atoms with E-state index in [4.69, 9.17) is 10.6 Å². The van der Waals surface area contributed by atoms with E-state index in [1.54, 1.807) is 0 Å². The summed E-state index contributed by atoms with van der Waals surface area (Å²) in [7, 11) is 0. The Balaban J connectivity index is 1.99. The molecule has 0 spiro atoms. The van der Waals surface area contributed by atoms with Crippen molar-refractivity contribution < 1.29 is 9.53 Å². The molecule has 0 radical (unpaired) electrons. The number of rotatable bonds is 4. The summed E-state index contributed by atoms with van der Waals surface area (Å²) in [6.07, 6.45) is 1.06. The summed E-state index contributed by atoms with van der Waals surface area (Å²) in [6, 6.07) is 0.437. The zero-order valence-corrected chi connectivity index (χ0v) is 11.2. The van der Waals surface area contributed by atoms with Crippen LogP contribution < -0.4 is 11.3 Å². The molecular weight excluding hydrogens is 252 g/mol. The van der Waals surface area contributed by atoms with Gasteiger partial charge in [-0.1, -0.05) is 6.92 Å². The van der Waals surface area contributed by atoms with Gasteiger partial charge in [0.25, 0.3) is 5.91 Å². The van der Waals surface area contributed by atoms with E-state index in [2.05, 4.69) is 22.2 Å². The maximum Gasteiger partial charge on any atom is 0.294 e. The highest BCUT2D eigenvalue weighted by Crippen LogP contribution is 2.16. The number of amides is 1. The summed E-state index contributed by atoms with van der Waals surface area (Å²) in [5.74, 6) is 4.75. The molecule has 1 amide bonds. The van der Waals surface area contributed by atoms with E-state index in [0.717, 1.165) is 38.4 Å². The van der Waals surface area contributed by atoms with E-state index in [0.29, 0.717) is 11.0 Å². The molecule has 1 fully saturated rings. The highest BCUT2D eigenvalue weighted by molar-refractivity contribution is 7.11. The quantitative estimate of drug-likeness (QED) is 0.469. The number of carbonyl (C=O) groups is 1. The van der Waals surface area contributed by atoms with E-state index in [-0.39, 0.29) is 5.91 Å². The van der Waals surface area contributed by atoms with Gasteiger partial charge in [0.1, 0.15) is 0 Å². The number of aromatic nitrogens is 1. The molecule has 1 atom stereocenters. The highest BCUT2D eigenvalue weighted by Gasteiger charge is 2.22. The summed E-state index contributed by atoms with van der Waals surface area (Å²) >= 11 is 1.32. The van der Waals surface area contributed by atoms with Crippen LogP contribution in [0.1, 0.15) is 28.8 Å². The Hall–Kier alpha value is -1.02. The minimum absolute atomic E-state index is 0.333. The van der Waals surface area contributed by atoms with Crippen LogP contribution in [0.25, 0.3) is 0 Å². The van der Waals surface area contributed by atoms with Crippen LogP contribution in [-0.2, 0) is 11.3 Å². The lowest BCUT2D eigenvalue weighted by Crippen LogP contribution is -2.44. The molecule has 3 N–H and O–H groups in total. The van der Waals surface area contributed by atoms with Gasteiger partial charge in [-0.05, 0) is 6.42 Å². The Labute approximate surface area is 110 Å². The number of carbonyl (C=O) groups excluding carboxylic acids is 1. The van der Waals surface area contributed by atoms with Crippen molar-refractivity contribution in [3.05, 3.63) is 16.1 Å². The van der Waals surface area contributed by atoms with Crippen LogP contribution in [0.5, 0.6) is 0 Å². The molecule has 100 valence electrons. The molecule has 1 aliphatic rings. The fourth-order valence-corrected chi connectivity index (χ4v) is 2.74. The number of nitrogen functional groups attached to an aromatic ring is 1. The molecule has 1 aromatic rings. The number of thiazole rings is 1. The number of nitrogens with zero attached hydrogens (tertiary/aromatic N) is 2. The predicted molar refractivity (Wildman–Crippen MR) is 69.1 cm³/mol. The van der Waals surface area contributed by atoms with Crippen LogP contribution in [0.4, 0.5) is 0 Å². The smallest absolute Gasteiger partial charge is 0.294 e. The molecule has 0 aliphatic carbocycles. The number of nitrogens with two attached hydrogens (primary N) is 1. The van der Waals surface area contributed by atoms with Crippen LogP contribution in [0.2, 0.25) is 0 Å². The molecule has 0 bridgehead atoms. The lowest BCUT2D eigenvalue weighted by atomic mass is 10.1. The van der Waals surface area contributed by atoms with Crippen molar-refractivity contribution >= 4 is 17.2 Å². The fourth-order valence-electron chi connectivity index (χ4n) is 2.03. The Bertz CT molecular complexity index is 410. The SMILES string of the molecule is CCC1COCCN1Cc1csc(C(=O)NN)n1. The van der Waals surface area contributed by atoms with Crippen molar-refractivity contribution in [3.8, 4) is 0 Å². The first-order chi connectivity index (χ1) is 8.74. The molecule has 2 heterocycles. The molecule has 1 aromatic heterocycles. The lowest BCUT2D eigenvalue weighted by Gasteiger charge is -2.34. The Morgan fingerprint density at radius 1 is 1.78 bits per heavy atom. The molecule has 7 heteroatoms.